The zero-order chi connectivity index (χ0) is 16.4. The van der Waals surface area contributed by atoms with Gasteiger partial charge in [0.05, 0.1) is 12.2 Å². The highest BCUT2D eigenvalue weighted by atomic mass is 32.1. The molecule has 0 saturated heterocycles. The van der Waals surface area contributed by atoms with E-state index in [2.05, 4.69) is 30.9 Å². The zero-order valence-corrected chi connectivity index (χ0v) is 13.8. The Morgan fingerprint density at radius 3 is 2.75 bits per heavy atom. The van der Waals surface area contributed by atoms with Gasteiger partial charge in [0.15, 0.2) is 16.6 Å². The van der Waals surface area contributed by atoms with Crippen LogP contribution in [0.3, 0.4) is 0 Å². The lowest BCUT2D eigenvalue weighted by Gasteiger charge is -2.05. The van der Waals surface area contributed by atoms with Gasteiger partial charge in [-0.05, 0) is 12.1 Å². The molecule has 4 rings (SSSR count). The van der Waals surface area contributed by atoms with E-state index in [1.54, 1.807) is 15.9 Å². The number of hydrogen-bond acceptors (Lipinski definition) is 7. The van der Waals surface area contributed by atoms with Crippen molar-refractivity contribution in [3.63, 3.8) is 0 Å². The van der Waals surface area contributed by atoms with Gasteiger partial charge in [-0.15, -0.1) is 26.6 Å². The number of aromatic nitrogens is 5. The largest absolute Gasteiger partial charge is 0.365 e. The average molecular weight is 337 g/mol. The monoisotopic (exact) mass is 337 g/mol. The summed E-state index contributed by atoms with van der Waals surface area (Å²) < 4.78 is 1.75. The second-order valence-corrected chi connectivity index (χ2v) is 5.98. The summed E-state index contributed by atoms with van der Waals surface area (Å²) in [6.45, 7) is 0.611. The summed E-state index contributed by atoms with van der Waals surface area (Å²) in [6, 6.07) is 13.7. The van der Waals surface area contributed by atoms with Crippen LogP contribution in [-0.2, 0) is 6.54 Å². The Bertz CT molecular complexity index is 961. The maximum atomic E-state index is 4.59. The quantitative estimate of drug-likeness (QED) is 0.583. The summed E-state index contributed by atoms with van der Waals surface area (Å²) in [5.41, 5.74) is 2.66. The summed E-state index contributed by atoms with van der Waals surface area (Å²) in [5.74, 6) is 1.47. The molecule has 0 aliphatic heterocycles. The normalized spacial score (nSPS) is 10.9. The first kappa shape index (κ1) is 14.6. The van der Waals surface area contributed by atoms with E-state index >= 15 is 0 Å². The Kier molecular flexibility index (Phi) is 3.80. The van der Waals surface area contributed by atoms with Gasteiger partial charge in [-0.3, -0.25) is 0 Å². The number of benzene rings is 1. The minimum Gasteiger partial charge on any atom is -0.365 e. The molecule has 2 N–H and O–H groups in total. The van der Waals surface area contributed by atoms with E-state index in [0.29, 0.717) is 12.2 Å². The van der Waals surface area contributed by atoms with Crippen molar-refractivity contribution < 1.29 is 0 Å². The number of fused-ring (bicyclic) bond motifs is 1. The lowest BCUT2D eigenvalue weighted by Crippen LogP contribution is -2.05. The maximum absolute atomic E-state index is 4.59. The molecule has 0 bridgehead atoms. The van der Waals surface area contributed by atoms with Gasteiger partial charge >= 0.3 is 0 Å². The Labute approximate surface area is 142 Å². The van der Waals surface area contributed by atoms with Crippen molar-refractivity contribution in [2.75, 3.05) is 17.7 Å². The molecule has 0 unspecified atom stereocenters. The van der Waals surface area contributed by atoms with Crippen LogP contribution >= 0.6 is 11.3 Å². The number of nitrogens with one attached hydrogen (secondary N) is 2. The van der Waals surface area contributed by atoms with Crippen molar-refractivity contribution in [1.82, 2.24) is 24.8 Å². The van der Waals surface area contributed by atoms with E-state index in [-0.39, 0.29) is 0 Å². The fourth-order valence-electron chi connectivity index (χ4n) is 2.33. The maximum Gasteiger partial charge on any atom is 0.185 e. The smallest absolute Gasteiger partial charge is 0.185 e. The van der Waals surface area contributed by atoms with Gasteiger partial charge in [-0.1, -0.05) is 30.3 Å². The van der Waals surface area contributed by atoms with Gasteiger partial charge in [0.25, 0.3) is 0 Å². The Morgan fingerprint density at radius 2 is 1.96 bits per heavy atom. The van der Waals surface area contributed by atoms with Crippen LogP contribution in [0, 0.1) is 0 Å². The molecule has 120 valence electrons. The molecule has 24 heavy (non-hydrogen) atoms. The van der Waals surface area contributed by atoms with Crippen molar-refractivity contribution in [3.8, 4) is 11.4 Å². The lowest BCUT2D eigenvalue weighted by atomic mass is 10.2. The Balaban J connectivity index is 1.60. The molecule has 0 spiro atoms. The Hall–Kier alpha value is -3.00. The van der Waals surface area contributed by atoms with Gasteiger partial charge in [-0.2, -0.15) is 4.52 Å². The van der Waals surface area contributed by atoms with Crippen LogP contribution in [0.15, 0.2) is 47.8 Å². The molecular formula is C16H15N7S. The minimum atomic E-state index is 0.611. The van der Waals surface area contributed by atoms with Crippen molar-refractivity contribution in [2.24, 2.45) is 0 Å². The molecule has 8 heteroatoms. The van der Waals surface area contributed by atoms with Crippen LogP contribution in [0.2, 0.25) is 0 Å². The van der Waals surface area contributed by atoms with Crippen molar-refractivity contribution in [3.05, 3.63) is 53.5 Å². The third-order valence-corrected chi connectivity index (χ3v) is 4.42. The first-order valence-corrected chi connectivity index (χ1v) is 8.35. The second kappa shape index (κ2) is 6.25. The molecule has 3 aromatic heterocycles. The SMILES string of the molecule is CNc1nc(CNc2ccc3nnc(-c4ccccc4)n3n2)cs1. The first-order chi connectivity index (χ1) is 11.8. The molecule has 1 aromatic carbocycles. The number of rotatable bonds is 5. The molecule has 0 aliphatic carbocycles. The van der Waals surface area contributed by atoms with Crippen LogP contribution in [-0.4, -0.2) is 31.8 Å². The molecule has 0 atom stereocenters. The molecule has 0 aliphatic rings. The number of thiazole rings is 1. The molecule has 0 radical (unpaired) electrons. The highest BCUT2D eigenvalue weighted by molar-refractivity contribution is 7.13. The third kappa shape index (κ3) is 2.79. The molecule has 4 aromatic rings. The van der Waals surface area contributed by atoms with Crippen LogP contribution < -0.4 is 10.6 Å². The summed E-state index contributed by atoms with van der Waals surface area (Å²) in [7, 11) is 1.86. The van der Waals surface area contributed by atoms with Crippen LogP contribution in [0.1, 0.15) is 5.69 Å². The number of nitrogens with zero attached hydrogens (tertiary/aromatic N) is 5. The van der Waals surface area contributed by atoms with E-state index in [0.717, 1.165) is 28.0 Å². The predicted octanol–water partition coefficient (Wildman–Crippen LogP) is 2.90. The molecule has 0 amide bonds. The molecule has 0 fully saturated rings. The van der Waals surface area contributed by atoms with E-state index in [1.807, 2.05) is 54.9 Å². The van der Waals surface area contributed by atoms with Crippen LogP contribution in [0.25, 0.3) is 17.0 Å². The summed E-state index contributed by atoms with van der Waals surface area (Å²) >= 11 is 1.58. The summed E-state index contributed by atoms with van der Waals surface area (Å²) in [6.07, 6.45) is 0. The lowest BCUT2D eigenvalue weighted by molar-refractivity contribution is 0.921. The summed E-state index contributed by atoms with van der Waals surface area (Å²) in [4.78, 5) is 4.45. The number of hydrogen-bond donors (Lipinski definition) is 2. The van der Waals surface area contributed by atoms with Gasteiger partial charge in [-0.25, -0.2) is 4.98 Å². The van der Waals surface area contributed by atoms with Crippen molar-refractivity contribution in [2.45, 2.75) is 6.54 Å². The van der Waals surface area contributed by atoms with Gasteiger partial charge in [0.2, 0.25) is 0 Å². The van der Waals surface area contributed by atoms with Crippen LogP contribution in [0.5, 0.6) is 0 Å². The fraction of sp³-hybridized carbons (Fsp3) is 0.125. The topological polar surface area (TPSA) is 80.0 Å². The number of anilines is 2. The Morgan fingerprint density at radius 1 is 1.08 bits per heavy atom. The highest BCUT2D eigenvalue weighted by Crippen LogP contribution is 2.19. The third-order valence-electron chi connectivity index (χ3n) is 3.51. The van der Waals surface area contributed by atoms with Crippen molar-refractivity contribution in [1.29, 1.82) is 0 Å². The first-order valence-electron chi connectivity index (χ1n) is 7.47. The standard InChI is InChI=1S/C16H15N7S/c1-17-16-19-12(10-24-16)9-18-13-7-8-14-20-21-15(23(14)22-13)11-5-3-2-4-6-11/h2-8,10H,9H2,1H3,(H,17,19)(H,18,22). The van der Waals surface area contributed by atoms with Gasteiger partial charge in [0.1, 0.15) is 5.82 Å². The van der Waals surface area contributed by atoms with E-state index in [9.17, 15) is 0 Å². The van der Waals surface area contributed by atoms with E-state index < -0.39 is 0 Å². The van der Waals surface area contributed by atoms with Gasteiger partial charge < -0.3 is 10.6 Å². The minimum absolute atomic E-state index is 0.611. The molecule has 7 nitrogen and oxygen atoms in total. The van der Waals surface area contributed by atoms with Crippen LogP contribution in [0.4, 0.5) is 10.9 Å². The molecular weight excluding hydrogens is 322 g/mol. The van der Waals surface area contributed by atoms with Crippen molar-refractivity contribution >= 4 is 27.9 Å². The summed E-state index contributed by atoms with van der Waals surface area (Å²) in [5, 5.41) is 22.3. The van der Waals surface area contributed by atoms with E-state index in [1.165, 1.54) is 0 Å². The van der Waals surface area contributed by atoms with E-state index in [4.69, 9.17) is 0 Å². The second-order valence-electron chi connectivity index (χ2n) is 5.13. The molecule has 3 heterocycles. The fourth-order valence-corrected chi connectivity index (χ4v) is 3.01. The predicted molar refractivity (Wildman–Crippen MR) is 95.2 cm³/mol. The highest BCUT2D eigenvalue weighted by Gasteiger charge is 2.09. The average Bonchev–Trinajstić information content (AvgIpc) is 3.27. The molecule has 0 saturated carbocycles. The zero-order valence-electron chi connectivity index (χ0n) is 13.0. The van der Waals surface area contributed by atoms with Gasteiger partial charge in [0, 0.05) is 18.0 Å².